The topological polar surface area (TPSA) is 51.6 Å². The van der Waals surface area contributed by atoms with E-state index in [2.05, 4.69) is 33.2 Å². The Morgan fingerprint density at radius 1 is 0.762 bits per heavy atom. The molecule has 4 aromatic rings. The van der Waals surface area contributed by atoms with Crippen LogP contribution in [0.15, 0.2) is 54.6 Å². The van der Waals surface area contributed by atoms with Crippen molar-refractivity contribution in [2.45, 2.75) is 6.92 Å². The molecule has 2 aromatic heterocycles. The molecule has 0 aliphatic heterocycles. The maximum Gasteiger partial charge on any atom is 0.201 e. The van der Waals surface area contributed by atoms with Crippen molar-refractivity contribution in [2.75, 3.05) is 0 Å². The van der Waals surface area contributed by atoms with Crippen molar-refractivity contribution >= 4 is 22.1 Å². The van der Waals surface area contributed by atoms with Crippen molar-refractivity contribution in [3.8, 4) is 11.4 Å². The maximum absolute atomic E-state index is 4.66. The molecule has 0 saturated heterocycles. The van der Waals surface area contributed by atoms with E-state index < -0.39 is 0 Å². The standard InChI is InChI=1S/C17H12N4/c1-11-13-9-5-6-10-14(13)18-17-15(11)19-16(20-21-17)12-7-3-2-4-8-12/h2-10H,1H3. The van der Waals surface area contributed by atoms with Gasteiger partial charge in [0.25, 0.3) is 0 Å². The number of fused-ring (bicyclic) bond motifs is 2. The SMILES string of the molecule is Cc1c2ccccc2nc2nnc(-c3ccccc3)nc12. The molecule has 2 aromatic carbocycles. The van der Waals surface area contributed by atoms with Crippen LogP contribution < -0.4 is 0 Å². The Morgan fingerprint density at radius 3 is 2.38 bits per heavy atom. The van der Waals surface area contributed by atoms with Crippen LogP contribution in [0.5, 0.6) is 0 Å². The summed E-state index contributed by atoms with van der Waals surface area (Å²) in [7, 11) is 0. The lowest BCUT2D eigenvalue weighted by Crippen LogP contribution is -1.98. The van der Waals surface area contributed by atoms with Gasteiger partial charge in [-0.2, -0.15) is 0 Å². The predicted octanol–water partition coefficient (Wildman–Crippen LogP) is 3.55. The van der Waals surface area contributed by atoms with Crippen LogP contribution in [-0.4, -0.2) is 20.2 Å². The van der Waals surface area contributed by atoms with Gasteiger partial charge in [-0.15, -0.1) is 10.2 Å². The van der Waals surface area contributed by atoms with Crippen molar-refractivity contribution in [2.24, 2.45) is 0 Å². The monoisotopic (exact) mass is 272 g/mol. The Bertz CT molecular complexity index is 949. The van der Waals surface area contributed by atoms with E-state index in [1.54, 1.807) is 0 Å². The summed E-state index contributed by atoms with van der Waals surface area (Å²) < 4.78 is 0. The molecule has 2 heterocycles. The van der Waals surface area contributed by atoms with Crippen molar-refractivity contribution < 1.29 is 0 Å². The van der Waals surface area contributed by atoms with Gasteiger partial charge in [0, 0.05) is 10.9 Å². The fraction of sp³-hybridized carbons (Fsp3) is 0.0588. The van der Waals surface area contributed by atoms with Gasteiger partial charge >= 0.3 is 0 Å². The van der Waals surface area contributed by atoms with Gasteiger partial charge in [0.1, 0.15) is 5.52 Å². The van der Waals surface area contributed by atoms with E-state index in [-0.39, 0.29) is 0 Å². The van der Waals surface area contributed by atoms with Crippen LogP contribution in [0.2, 0.25) is 0 Å². The van der Waals surface area contributed by atoms with Gasteiger partial charge in [-0.05, 0) is 18.6 Å². The van der Waals surface area contributed by atoms with Crippen LogP contribution in [0.25, 0.3) is 33.5 Å². The van der Waals surface area contributed by atoms with E-state index in [1.807, 2.05) is 48.5 Å². The summed E-state index contributed by atoms with van der Waals surface area (Å²) in [6.45, 7) is 2.05. The Labute approximate surface area is 121 Å². The van der Waals surface area contributed by atoms with Crippen LogP contribution in [-0.2, 0) is 0 Å². The molecule has 0 saturated carbocycles. The molecule has 0 radical (unpaired) electrons. The molecule has 0 fully saturated rings. The number of aryl methyl sites for hydroxylation is 1. The third-order valence-electron chi connectivity index (χ3n) is 3.59. The minimum absolute atomic E-state index is 0.589. The molecule has 4 heteroatoms. The predicted molar refractivity (Wildman–Crippen MR) is 82.8 cm³/mol. The summed E-state index contributed by atoms with van der Waals surface area (Å²) in [6, 6.07) is 17.9. The second-order valence-corrected chi connectivity index (χ2v) is 4.93. The highest BCUT2D eigenvalue weighted by molar-refractivity contribution is 5.93. The van der Waals surface area contributed by atoms with Crippen LogP contribution >= 0.6 is 0 Å². The molecule has 0 aliphatic rings. The summed E-state index contributed by atoms with van der Waals surface area (Å²) in [5, 5.41) is 9.55. The molecule has 0 unspecified atom stereocenters. The second-order valence-electron chi connectivity index (χ2n) is 4.93. The summed E-state index contributed by atoms with van der Waals surface area (Å²) in [5.74, 6) is 0.628. The van der Waals surface area contributed by atoms with E-state index in [9.17, 15) is 0 Å². The molecule has 0 N–H and O–H groups in total. The molecule has 21 heavy (non-hydrogen) atoms. The van der Waals surface area contributed by atoms with Gasteiger partial charge in [-0.3, -0.25) is 0 Å². The zero-order valence-corrected chi connectivity index (χ0v) is 11.5. The normalized spacial score (nSPS) is 11.1. The number of aromatic nitrogens is 4. The van der Waals surface area contributed by atoms with Gasteiger partial charge in [0.2, 0.25) is 5.65 Å². The van der Waals surface area contributed by atoms with Crippen LogP contribution in [0.1, 0.15) is 5.56 Å². The number of nitrogens with zero attached hydrogens (tertiary/aromatic N) is 4. The third kappa shape index (κ3) is 1.92. The van der Waals surface area contributed by atoms with E-state index in [0.717, 1.165) is 27.5 Å². The molecule has 0 spiro atoms. The van der Waals surface area contributed by atoms with E-state index in [1.165, 1.54) is 0 Å². The van der Waals surface area contributed by atoms with Crippen molar-refractivity contribution in [3.05, 3.63) is 60.2 Å². The highest BCUT2D eigenvalue weighted by atomic mass is 15.2. The minimum Gasteiger partial charge on any atom is -0.225 e. The average molecular weight is 272 g/mol. The quantitative estimate of drug-likeness (QED) is 0.497. The molecule has 0 amide bonds. The Hall–Kier alpha value is -2.88. The fourth-order valence-corrected chi connectivity index (χ4v) is 2.49. The van der Waals surface area contributed by atoms with Crippen LogP contribution in [0.4, 0.5) is 0 Å². The average Bonchev–Trinajstić information content (AvgIpc) is 2.56. The summed E-state index contributed by atoms with van der Waals surface area (Å²) in [4.78, 5) is 9.20. The molecule has 4 rings (SSSR count). The van der Waals surface area contributed by atoms with E-state index in [0.29, 0.717) is 11.5 Å². The van der Waals surface area contributed by atoms with Crippen molar-refractivity contribution in [3.63, 3.8) is 0 Å². The molecular formula is C17H12N4. The minimum atomic E-state index is 0.589. The second kappa shape index (κ2) is 4.59. The Balaban J connectivity index is 2.03. The number of hydrogen-bond acceptors (Lipinski definition) is 4. The van der Waals surface area contributed by atoms with Gasteiger partial charge in [-0.1, -0.05) is 48.5 Å². The lowest BCUT2D eigenvalue weighted by Gasteiger charge is -2.06. The molecule has 0 atom stereocenters. The lowest BCUT2D eigenvalue weighted by atomic mass is 10.1. The number of para-hydroxylation sites is 1. The number of pyridine rings is 1. The molecule has 0 bridgehead atoms. The molecular weight excluding hydrogens is 260 g/mol. The fourth-order valence-electron chi connectivity index (χ4n) is 2.49. The largest absolute Gasteiger partial charge is 0.225 e. The first-order valence-electron chi connectivity index (χ1n) is 6.78. The summed E-state index contributed by atoms with van der Waals surface area (Å²) in [6.07, 6.45) is 0. The number of benzene rings is 2. The smallest absolute Gasteiger partial charge is 0.201 e. The Kier molecular flexibility index (Phi) is 2.60. The molecule has 100 valence electrons. The van der Waals surface area contributed by atoms with Crippen molar-refractivity contribution in [1.29, 1.82) is 0 Å². The molecule has 0 aliphatic carbocycles. The molecule has 4 nitrogen and oxygen atoms in total. The first-order valence-corrected chi connectivity index (χ1v) is 6.78. The van der Waals surface area contributed by atoms with Crippen molar-refractivity contribution in [1.82, 2.24) is 20.2 Å². The Morgan fingerprint density at radius 2 is 1.52 bits per heavy atom. The van der Waals surface area contributed by atoms with E-state index in [4.69, 9.17) is 0 Å². The highest BCUT2D eigenvalue weighted by Gasteiger charge is 2.10. The third-order valence-corrected chi connectivity index (χ3v) is 3.59. The highest BCUT2D eigenvalue weighted by Crippen LogP contribution is 2.24. The maximum atomic E-state index is 4.66. The van der Waals surface area contributed by atoms with Gasteiger partial charge in [0.15, 0.2) is 5.82 Å². The van der Waals surface area contributed by atoms with Crippen LogP contribution in [0, 0.1) is 6.92 Å². The van der Waals surface area contributed by atoms with Gasteiger partial charge in [0.05, 0.1) is 5.52 Å². The van der Waals surface area contributed by atoms with Gasteiger partial charge in [-0.25, -0.2) is 9.97 Å². The van der Waals surface area contributed by atoms with Crippen LogP contribution in [0.3, 0.4) is 0 Å². The summed E-state index contributed by atoms with van der Waals surface area (Å²) in [5.41, 5.74) is 4.36. The number of rotatable bonds is 1. The zero-order valence-electron chi connectivity index (χ0n) is 11.5. The lowest BCUT2D eigenvalue weighted by molar-refractivity contribution is 1.01. The number of hydrogen-bond donors (Lipinski definition) is 0. The first-order chi connectivity index (χ1) is 10.3. The van der Waals surface area contributed by atoms with Gasteiger partial charge < -0.3 is 0 Å². The van der Waals surface area contributed by atoms with E-state index >= 15 is 0 Å². The summed E-state index contributed by atoms with van der Waals surface area (Å²) >= 11 is 0. The first kappa shape index (κ1) is 11.9. The zero-order chi connectivity index (χ0) is 14.2.